The second-order valence-electron chi connectivity index (χ2n) is 5.34. The van der Waals surface area contributed by atoms with Crippen LogP contribution >= 0.6 is 11.6 Å². The van der Waals surface area contributed by atoms with E-state index in [1.165, 1.54) is 6.42 Å². The van der Waals surface area contributed by atoms with Crippen molar-refractivity contribution in [2.24, 2.45) is 0 Å². The van der Waals surface area contributed by atoms with Gasteiger partial charge in [-0.15, -0.1) is 11.6 Å². The van der Waals surface area contributed by atoms with Gasteiger partial charge in [0, 0.05) is 12.7 Å². The van der Waals surface area contributed by atoms with E-state index in [4.69, 9.17) is 30.5 Å². The van der Waals surface area contributed by atoms with Crippen LogP contribution in [0.5, 0.6) is 17.2 Å². The van der Waals surface area contributed by atoms with Gasteiger partial charge in [-0.25, -0.2) is 0 Å². The van der Waals surface area contributed by atoms with Crippen LogP contribution in [-0.2, 0) is 4.74 Å². The van der Waals surface area contributed by atoms with Crippen molar-refractivity contribution in [1.82, 2.24) is 0 Å². The van der Waals surface area contributed by atoms with Crippen LogP contribution in [0.15, 0.2) is 12.1 Å². The molecule has 0 aliphatic heterocycles. The first-order chi connectivity index (χ1) is 10.1. The van der Waals surface area contributed by atoms with Crippen molar-refractivity contribution in [2.75, 3.05) is 28.4 Å². The van der Waals surface area contributed by atoms with Crippen LogP contribution in [-0.4, -0.2) is 34.0 Å². The Morgan fingerprint density at radius 3 is 2.14 bits per heavy atom. The van der Waals surface area contributed by atoms with Crippen LogP contribution < -0.4 is 14.2 Å². The van der Waals surface area contributed by atoms with Crippen molar-refractivity contribution < 1.29 is 18.9 Å². The number of alkyl halides is 1. The molecule has 1 saturated carbocycles. The molecule has 118 valence electrons. The summed E-state index contributed by atoms with van der Waals surface area (Å²) in [5, 5.41) is -0.194. The molecule has 0 amide bonds. The first kappa shape index (κ1) is 16.2. The van der Waals surface area contributed by atoms with E-state index in [-0.39, 0.29) is 11.0 Å². The van der Waals surface area contributed by atoms with Crippen molar-refractivity contribution in [3.63, 3.8) is 0 Å². The second kappa shape index (κ2) is 6.75. The average Bonchev–Trinajstić information content (AvgIpc) is 2.48. The van der Waals surface area contributed by atoms with E-state index < -0.39 is 0 Å². The van der Waals surface area contributed by atoms with E-state index in [1.807, 2.05) is 12.1 Å². The lowest BCUT2D eigenvalue weighted by molar-refractivity contribution is -0.0780. The molecule has 1 aliphatic rings. The molecule has 0 saturated heterocycles. The molecule has 0 N–H and O–H groups in total. The molecule has 0 bridgehead atoms. The second-order valence-corrected chi connectivity index (χ2v) is 5.86. The predicted molar refractivity (Wildman–Crippen MR) is 82.9 cm³/mol. The van der Waals surface area contributed by atoms with E-state index in [2.05, 4.69) is 0 Å². The molecule has 21 heavy (non-hydrogen) atoms. The Hall–Kier alpha value is -1.13. The summed E-state index contributed by atoms with van der Waals surface area (Å²) < 4.78 is 21.9. The van der Waals surface area contributed by atoms with Gasteiger partial charge in [0.05, 0.1) is 32.3 Å². The SMILES string of the molecule is COc1ccc(C(Cl)CC2(OC)CCC2)c(OC)c1OC. The number of benzene rings is 1. The molecule has 5 heteroatoms. The highest BCUT2D eigenvalue weighted by atomic mass is 35.5. The predicted octanol–water partition coefficient (Wildman–Crippen LogP) is 3.95. The highest BCUT2D eigenvalue weighted by Crippen LogP contribution is 2.49. The summed E-state index contributed by atoms with van der Waals surface area (Å²) in [6, 6.07) is 3.78. The van der Waals surface area contributed by atoms with Gasteiger partial charge < -0.3 is 18.9 Å². The number of methoxy groups -OCH3 is 4. The van der Waals surface area contributed by atoms with Crippen LogP contribution in [0.25, 0.3) is 0 Å². The van der Waals surface area contributed by atoms with Crippen molar-refractivity contribution in [1.29, 1.82) is 0 Å². The molecule has 0 heterocycles. The largest absolute Gasteiger partial charge is 0.493 e. The third-order valence-electron chi connectivity index (χ3n) is 4.32. The third-order valence-corrected chi connectivity index (χ3v) is 4.71. The number of rotatable bonds is 7. The van der Waals surface area contributed by atoms with Gasteiger partial charge in [-0.05, 0) is 37.8 Å². The molecule has 1 aromatic rings. The van der Waals surface area contributed by atoms with Gasteiger partial charge in [-0.3, -0.25) is 0 Å². The topological polar surface area (TPSA) is 36.9 Å². The van der Waals surface area contributed by atoms with Crippen LogP contribution in [0.2, 0.25) is 0 Å². The molecular weight excluding hydrogens is 292 g/mol. The zero-order valence-corrected chi connectivity index (χ0v) is 13.8. The molecule has 4 nitrogen and oxygen atoms in total. The zero-order chi connectivity index (χ0) is 15.5. The summed E-state index contributed by atoms with van der Waals surface area (Å²) in [4.78, 5) is 0. The third kappa shape index (κ3) is 3.06. The summed E-state index contributed by atoms with van der Waals surface area (Å²) in [5.74, 6) is 1.83. The lowest BCUT2D eigenvalue weighted by Gasteiger charge is -2.42. The summed E-state index contributed by atoms with van der Waals surface area (Å²) in [6.07, 6.45) is 4.07. The van der Waals surface area contributed by atoms with Crippen molar-refractivity contribution >= 4 is 11.6 Å². The van der Waals surface area contributed by atoms with Gasteiger partial charge in [0.25, 0.3) is 0 Å². The van der Waals surface area contributed by atoms with E-state index in [0.29, 0.717) is 17.2 Å². The van der Waals surface area contributed by atoms with Crippen LogP contribution in [0.3, 0.4) is 0 Å². The minimum absolute atomic E-state index is 0.0927. The maximum atomic E-state index is 6.63. The summed E-state index contributed by atoms with van der Waals surface area (Å²) in [5.41, 5.74) is 0.810. The van der Waals surface area contributed by atoms with E-state index in [9.17, 15) is 0 Å². The first-order valence-corrected chi connectivity index (χ1v) is 7.52. The van der Waals surface area contributed by atoms with E-state index in [1.54, 1.807) is 28.4 Å². The minimum Gasteiger partial charge on any atom is -0.493 e. The molecule has 1 atom stereocenters. The summed E-state index contributed by atoms with van der Waals surface area (Å²) >= 11 is 6.63. The number of hydrogen-bond donors (Lipinski definition) is 0. The minimum atomic E-state index is -0.194. The van der Waals surface area contributed by atoms with Crippen molar-refractivity contribution in [3.8, 4) is 17.2 Å². The van der Waals surface area contributed by atoms with E-state index >= 15 is 0 Å². The highest BCUT2D eigenvalue weighted by molar-refractivity contribution is 6.21. The molecule has 0 aromatic heterocycles. The summed E-state index contributed by atoms with van der Waals surface area (Å²) in [7, 11) is 6.56. The molecule has 1 fully saturated rings. The van der Waals surface area contributed by atoms with Gasteiger partial charge in [0.2, 0.25) is 5.75 Å². The molecule has 0 spiro atoms. The van der Waals surface area contributed by atoms with Crippen molar-refractivity contribution in [3.05, 3.63) is 17.7 Å². The number of hydrogen-bond acceptors (Lipinski definition) is 4. The molecule has 0 radical (unpaired) electrons. The van der Waals surface area contributed by atoms with E-state index in [0.717, 1.165) is 24.8 Å². The van der Waals surface area contributed by atoms with Gasteiger partial charge in [-0.2, -0.15) is 0 Å². The Kier molecular flexibility index (Phi) is 5.22. The molecule has 1 aliphatic carbocycles. The fourth-order valence-corrected chi connectivity index (χ4v) is 3.32. The molecule has 2 rings (SSSR count). The lowest BCUT2D eigenvalue weighted by Crippen LogP contribution is -2.39. The van der Waals surface area contributed by atoms with Gasteiger partial charge in [-0.1, -0.05) is 0 Å². The quantitative estimate of drug-likeness (QED) is 0.714. The molecule has 1 unspecified atom stereocenters. The van der Waals surface area contributed by atoms with Crippen LogP contribution in [0.1, 0.15) is 36.6 Å². The number of halogens is 1. The standard InChI is InChI=1S/C16H23ClO4/c1-18-13-7-6-11(14(19-2)15(13)20-3)12(17)10-16(21-4)8-5-9-16/h6-7,12H,5,8-10H2,1-4H3. The monoisotopic (exact) mass is 314 g/mol. The Balaban J connectivity index is 2.30. The highest BCUT2D eigenvalue weighted by Gasteiger charge is 2.39. The smallest absolute Gasteiger partial charge is 0.203 e. The maximum Gasteiger partial charge on any atom is 0.203 e. The van der Waals surface area contributed by atoms with Gasteiger partial charge in [0.1, 0.15) is 0 Å². The fourth-order valence-electron chi connectivity index (χ4n) is 2.87. The lowest BCUT2D eigenvalue weighted by atomic mass is 9.76. The van der Waals surface area contributed by atoms with Crippen LogP contribution in [0, 0.1) is 0 Å². The first-order valence-electron chi connectivity index (χ1n) is 7.09. The summed E-state index contributed by atoms with van der Waals surface area (Å²) in [6.45, 7) is 0. The Morgan fingerprint density at radius 2 is 1.71 bits per heavy atom. The fraction of sp³-hybridized carbons (Fsp3) is 0.625. The molecular formula is C16H23ClO4. The Labute approximate surface area is 131 Å². The van der Waals surface area contributed by atoms with Gasteiger partial charge in [0.15, 0.2) is 11.5 Å². The van der Waals surface area contributed by atoms with Crippen LogP contribution in [0.4, 0.5) is 0 Å². The maximum absolute atomic E-state index is 6.63. The zero-order valence-electron chi connectivity index (χ0n) is 13.1. The molecule has 1 aromatic carbocycles. The Morgan fingerprint density at radius 1 is 1.05 bits per heavy atom. The van der Waals surface area contributed by atoms with Crippen molar-refractivity contribution in [2.45, 2.75) is 36.7 Å². The number of ether oxygens (including phenoxy) is 4. The normalized spacial score (nSPS) is 17.8. The Bertz CT molecular complexity index is 480. The van der Waals surface area contributed by atoms with Gasteiger partial charge >= 0.3 is 0 Å². The average molecular weight is 315 g/mol.